The van der Waals surface area contributed by atoms with E-state index in [0.29, 0.717) is 61.1 Å². The van der Waals surface area contributed by atoms with Gasteiger partial charge in [0.1, 0.15) is 6.54 Å². The smallest absolute Gasteiger partial charge is 0.420 e. The minimum Gasteiger partial charge on any atom is -0.493 e. The Kier molecular flexibility index (Phi) is 6.36. The number of aromatic nitrogens is 1. The van der Waals surface area contributed by atoms with Gasteiger partial charge in [0.15, 0.2) is 17.1 Å². The number of ether oxygens (including phenoxy) is 3. The van der Waals surface area contributed by atoms with Crippen LogP contribution < -0.4 is 20.0 Å². The van der Waals surface area contributed by atoms with E-state index >= 15 is 0 Å². The van der Waals surface area contributed by atoms with Gasteiger partial charge in [0.05, 0.1) is 26.8 Å². The van der Waals surface area contributed by atoms with Gasteiger partial charge in [-0.2, -0.15) is 0 Å². The highest BCUT2D eigenvalue weighted by atomic mass is 16.5. The molecule has 0 radical (unpaired) electrons. The average molecular weight is 441 g/mol. The number of carbonyl (C=O) groups is 1. The molecule has 0 aliphatic carbocycles. The summed E-state index contributed by atoms with van der Waals surface area (Å²) in [5, 5.41) is 0. The second kappa shape index (κ2) is 9.35. The molecule has 0 saturated carbocycles. The second-order valence-electron chi connectivity index (χ2n) is 7.57. The molecule has 3 aromatic rings. The summed E-state index contributed by atoms with van der Waals surface area (Å²) in [6.07, 6.45) is 0. The number of methoxy groups -OCH3 is 3. The van der Waals surface area contributed by atoms with Crippen molar-refractivity contribution in [3.05, 3.63) is 52.5 Å². The lowest BCUT2D eigenvalue weighted by Gasteiger charge is -2.35. The van der Waals surface area contributed by atoms with Crippen LogP contribution in [0.4, 0.5) is 0 Å². The summed E-state index contributed by atoms with van der Waals surface area (Å²) in [4.78, 5) is 29.0. The van der Waals surface area contributed by atoms with Gasteiger partial charge in [0.25, 0.3) is 0 Å². The predicted octanol–water partition coefficient (Wildman–Crippen LogP) is 1.96. The quantitative estimate of drug-likeness (QED) is 0.554. The Morgan fingerprint density at radius 2 is 1.66 bits per heavy atom. The molecular formula is C23H27N3O6. The van der Waals surface area contributed by atoms with Crippen LogP contribution in [-0.2, 0) is 17.9 Å². The Morgan fingerprint density at radius 3 is 2.34 bits per heavy atom. The minimum absolute atomic E-state index is 0.0284. The zero-order chi connectivity index (χ0) is 22.7. The molecule has 1 aromatic heterocycles. The fourth-order valence-corrected chi connectivity index (χ4v) is 4.08. The van der Waals surface area contributed by atoms with Crippen LogP contribution in [0.1, 0.15) is 5.56 Å². The van der Waals surface area contributed by atoms with Crippen molar-refractivity contribution in [1.82, 2.24) is 14.4 Å². The van der Waals surface area contributed by atoms with Crippen LogP contribution in [0.3, 0.4) is 0 Å². The summed E-state index contributed by atoms with van der Waals surface area (Å²) < 4.78 is 23.0. The molecule has 2 aromatic carbocycles. The maximum absolute atomic E-state index is 12.8. The molecule has 0 bridgehead atoms. The van der Waals surface area contributed by atoms with E-state index in [1.807, 2.05) is 18.2 Å². The van der Waals surface area contributed by atoms with Crippen molar-refractivity contribution in [1.29, 1.82) is 0 Å². The lowest BCUT2D eigenvalue weighted by molar-refractivity contribution is -0.133. The van der Waals surface area contributed by atoms with Crippen molar-refractivity contribution < 1.29 is 23.4 Å². The van der Waals surface area contributed by atoms with Gasteiger partial charge in [-0.25, -0.2) is 4.79 Å². The number of para-hydroxylation sites is 2. The average Bonchev–Trinajstić information content (AvgIpc) is 3.13. The van der Waals surface area contributed by atoms with Gasteiger partial charge >= 0.3 is 5.76 Å². The first-order valence-electron chi connectivity index (χ1n) is 10.4. The number of fused-ring (bicyclic) bond motifs is 1. The Bertz CT molecular complexity index is 1160. The van der Waals surface area contributed by atoms with E-state index < -0.39 is 5.76 Å². The standard InChI is InChI=1S/C23H27N3O6/c1-29-19-9-8-16(21(30-2)22(19)31-3)14-24-10-12-25(13-11-24)20(27)15-26-17-6-4-5-7-18(17)32-23(26)28/h4-9H,10-15H2,1-3H3. The highest BCUT2D eigenvalue weighted by molar-refractivity contribution is 5.79. The molecule has 2 heterocycles. The number of nitrogens with zero attached hydrogens (tertiary/aromatic N) is 3. The van der Waals surface area contributed by atoms with Crippen LogP contribution in [0.25, 0.3) is 11.1 Å². The Labute approximate surface area is 185 Å². The van der Waals surface area contributed by atoms with E-state index in [9.17, 15) is 9.59 Å². The van der Waals surface area contributed by atoms with Crippen LogP contribution in [0.2, 0.25) is 0 Å². The minimum atomic E-state index is -0.515. The lowest BCUT2D eigenvalue weighted by atomic mass is 10.1. The number of benzene rings is 2. The normalized spacial score (nSPS) is 14.5. The molecule has 170 valence electrons. The third kappa shape index (κ3) is 4.16. The molecule has 0 spiro atoms. The summed E-state index contributed by atoms with van der Waals surface area (Å²) in [6.45, 7) is 3.23. The number of piperazine rings is 1. The van der Waals surface area contributed by atoms with Gasteiger partial charge in [-0.05, 0) is 18.2 Å². The monoisotopic (exact) mass is 441 g/mol. The fraction of sp³-hybridized carbons (Fsp3) is 0.391. The fourth-order valence-electron chi connectivity index (χ4n) is 4.08. The number of amides is 1. The summed E-state index contributed by atoms with van der Waals surface area (Å²) >= 11 is 0. The largest absolute Gasteiger partial charge is 0.493 e. The molecule has 9 nitrogen and oxygen atoms in total. The van der Waals surface area contributed by atoms with Crippen LogP contribution in [-0.4, -0.2) is 67.8 Å². The van der Waals surface area contributed by atoms with E-state index in [0.717, 1.165) is 5.56 Å². The number of oxazole rings is 1. The first-order chi connectivity index (χ1) is 15.5. The molecule has 0 atom stereocenters. The van der Waals surface area contributed by atoms with Crippen molar-refractivity contribution in [2.24, 2.45) is 0 Å². The summed E-state index contributed by atoms with van der Waals surface area (Å²) in [6, 6.07) is 10.9. The van der Waals surface area contributed by atoms with Crippen LogP contribution in [0.15, 0.2) is 45.6 Å². The number of rotatable bonds is 7. The molecule has 1 fully saturated rings. The van der Waals surface area contributed by atoms with E-state index in [-0.39, 0.29) is 12.5 Å². The maximum atomic E-state index is 12.8. The van der Waals surface area contributed by atoms with E-state index in [4.69, 9.17) is 18.6 Å². The zero-order valence-corrected chi connectivity index (χ0v) is 18.5. The van der Waals surface area contributed by atoms with Gasteiger partial charge in [-0.15, -0.1) is 0 Å². The van der Waals surface area contributed by atoms with Crippen molar-refractivity contribution in [2.75, 3.05) is 47.5 Å². The predicted molar refractivity (Wildman–Crippen MR) is 118 cm³/mol. The number of hydrogen-bond acceptors (Lipinski definition) is 7. The first-order valence-corrected chi connectivity index (χ1v) is 10.4. The van der Waals surface area contributed by atoms with Crippen molar-refractivity contribution >= 4 is 17.0 Å². The summed E-state index contributed by atoms with van der Waals surface area (Å²) in [5.41, 5.74) is 2.10. The molecule has 1 aliphatic heterocycles. The Balaban J connectivity index is 1.40. The van der Waals surface area contributed by atoms with Crippen LogP contribution in [0, 0.1) is 0 Å². The number of hydrogen-bond donors (Lipinski definition) is 0. The first kappa shape index (κ1) is 21.8. The summed E-state index contributed by atoms with van der Waals surface area (Å²) in [5.74, 6) is 1.22. The van der Waals surface area contributed by atoms with Gasteiger partial charge in [0, 0.05) is 38.3 Å². The number of carbonyl (C=O) groups excluding carboxylic acids is 1. The molecular weight excluding hydrogens is 414 g/mol. The zero-order valence-electron chi connectivity index (χ0n) is 18.5. The Hall–Kier alpha value is -3.46. The second-order valence-corrected chi connectivity index (χ2v) is 7.57. The maximum Gasteiger partial charge on any atom is 0.420 e. The van der Waals surface area contributed by atoms with E-state index in [1.54, 1.807) is 44.4 Å². The molecule has 4 rings (SSSR count). The summed E-state index contributed by atoms with van der Waals surface area (Å²) in [7, 11) is 4.79. The molecule has 1 aliphatic rings. The molecule has 1 saturated heterocycles. The molecule has 1 amide bonds. The van der Waals surface area contributed by atoms with Crippen molar-refractivity contribution in [3.63, 3.8) is 0 Å². The van der Waals surface area contributed by atoms with Gasteiger partial charge in [-0.1, -0.05) is 18.2 Å². The highest BCUT2D eigenvalue weighted by Crippen LogP contribution is 2.40. The third-order valence-electron chi connectivity index (χ3n) is 5.77. The third-order valence-corrected chi connectivity index (χ3v) is 5.77. The van der Waals surface area contributed by atoms with E-state index in [1.165, 1.54) is 4.57 Å². The Morgan fingerprint density at radius 1 is 0.938 bits per heavy atom. The van der Waals surface area contributed by atoms with Crippen molar-refractivity contribution in [2.45, 2.75) is 13.1 Å². The SMILES string of the molecule is COc1ccc(CN2CCN(C(=O)Cn3c(=O)oc4ccccc43)CC2)c(OC)c1OC. The van der Waals surface area contributed by atoms with Crippen LogP contribution in [0.5, 0.6) is 17.2 Å². The molecule has 0 unspecified atom stereocenters. The molecule has 32 heavy (non-hydrogen) atoms. The lowest BCUT2D eigenvalue weighted by Crippen LogP contribution is -2.49. The topological polar surface area (TPSA) is 86.4 Å². The van der Waals surface area contributed by atoms with Crippen LogP contribution >= 0.6 is 0 Å². The molecule has 0 N–H and O–H groups in total. The van der Waals surface area contributed by atoms with Crippen molar-refractivity contribution in [3.8, 4) is 17.2 Å². The van der Waals surface area contributed by atoms with Gasteiger partial charge in [-0.3, -0.25) is 14.3 Å². The molecule has 9 heteroatoms. The highest BCUT2D eigenvalue weighted by Gasteiger charge is 2.24. The van der Waals surface area contributed by atoms with Gasteiger partial charge < -0.3 is 23.5 Å². The van der Waals surface area contributed by atoms with Gasteiger partial charge in [0.2, 0.25) is 11.7 Å². The van der Waals surface area contributed by atoms with E-state index in [2.05, 4.69) is 4.90 Å².